The normalized spacial score (nSPS) is 20.5. The number of halogens is 2. The molecule has 0 bridgehead atoms. The standard InChI is InChI=1S/C11H14BrN.ClH/c12-11-3-1-9(2-4-11)7-10-5-6-13-8-10;/h1-4,10,13H,5-8H2;1H. The molecular weight excluding hydrogens is 261 g/mol. The Labute approximate surface area is 99.8 Å². The lowest BCUT2D eigenvalue weighted by Gasteiger charge is -2.07. The van der Waals surface area contributed by atoms with Gasteiger partial charge in [0.25, 0.3) is 0 Å². The van der Waals surface area contributed by atoms with Gasteiger partial charge in [0.2, 0.25) is 0 Å². The van der Waals surface area contributed by atoms with Crippen molar-refractivity contribution in [1.82, 2.24) is 5.32 Å². The van der Waals surface area contributed by atoms with Gasteiger partial charge in [0.15, 0.2) is 0 Å². The van der Waals surface area contributed by atoms with Crippen LogP contribution in [0, 0.1) is 5.92 Å². The SMILES string of the molecule is Brc1ccc(CC2CCNC2)cc1.Cl. The maximum absolute atomic E-state index is 3.45. The highest BCUT2D eigenvalue weighted by atomic mass is 79.9. The van der Waals surface area contributed by atoms with E-state index >= 15 is 0 Å². The molecule has 1 saturated heterocycles. The Kier molecular flexibility index (Phi) is 4.93. The summed E-state index contributed by atoms with van der Waals surface area (Å²) in [6.45, 7) is 2.39. The molecule has 0 aliphatic carbocycles. The van der Waals surface area contributed by atoms with E-state index < -0.39 is 0 Å². The first-order valence-electron chi connectivity index (χ1n) is 4.80. The van der Waals surface area contributed by atoms with Crippen molar-refractivity contribution in [1.29, 1.82) is 0 Å². The molecular formula is C11H15BrClN. The fourth-order valence-corrected chi connectivity index (χ4v) is 2.11. The summed E-state index contributed by atoms with van der Waals surface area (Å²) >= 11 is 3.45. The second-order valence-electron chi connectivity index (χ2n) is 3.69. The van der Waals surface area contributed by atoms with E-state index in [0.29, 0.717) is 0 Å². The number of hydrogen-bond acceptors (Lipinski definition) is 1. The van der Waals surface area contributed by atoms with E-state index in [4.69, 9.17) is 0 Å². The molecule has 1 unspecified atom stereocenters. The van der Waals surface area contributed by atoms with Gasteiger partial charge in [-0.1, -0.05) is 28.1 Å². The average Bonchev–Trinajstić information content (AvgIpc) is 2.62. The molecule has 14 heavy (non-hydrogen) atoms. The minimum absolute atomic E-state index is 0. The molecule has 0 aromatic heterocycles. The van der Waals surface area contributed by atoms with Crippen molar-refractivity contribution >= 4 is 28.3 Å². The molecule has 1 aromatic carbocycles. The summed E-state index contributed by atoms with van der Waals surface area (Å²) in [5, 5.41) is 3.39. The highest BCUT2D eigenvalue weighted by Gasteiger charge is 2.14. The topological polar surface area (TPSA) is 12.0 Å². The number of nitrogens with one attached hydrogen (secondary N) is 1. The highest BCUT2D eigenvalue weighted by Crippen LogP contribution is 2.17. The molecule has 0 saturated carbocycles. The van der Waals surface area contributed by atoms with Crippen molar-refractivity contribution in [3.05, 3.63) is 34.3 Å². The second kappa shape index (κ2) is 5.74. The fraction of sp³-hybridized carbons (Fsp3) is 0.455. The molecule has 78 valence electrons. The highest BCUT2D eigenvalue weighted by molar-refractivity contribution is 9.10. The van der Waals surface area contributed by atoms with Crippen LogP contribution < -0.4 is 5.32 Å². The van der Waals surface area contributed by atoms with Crippen molar-refractivity contribution in [2.45, 2.75) is 12.8 Å². The van der Waals surface area contributed by atoms with Crippen LogP contribution in [0.2, 0.25) is 0 Å². The third-order valence-corrected chi connectivity index (χ3v) is 3.13. The molecule has 0 amide bonds. The molecule has 1 aliphatic heterocycles. The number of benzene rings is 1. The minimum Gasteiger partial charge on any atom is -0.316 e. The Balaban J connectivity index is 0.000000980. The summed E-state index contributed by atoms with van der Waals surface area (Å²) in [6.07, 6.45) is 2.55. The van der Waals surface area contributed by atoms with E-state index in [9.17, 15) is 0 Å². The first-order valence-corrected chi connectivity index (χ1v) is 5.59. The summed E-state index contributed by atoms with van der Waals surface area (Å²) in [4.78, 5) is 0. The molecule has 1 fully saturated rings. The summed E-state index contributed by atoms with van der Waals surface area (Å²) < 4.78 is 1.17. The van der Waals surface area contributed by atoms with Crippen LogP contribution in [0.1, 0.15) is 12.0 Å². The Hall–Kier alpha value is -0.0500. The molecule has 1 N–H and O–H groups in total. The molecule has 1 atom stereocenters. The van der Waals surface area contributed by atoms with Crippen LogP contribution in [-0.2, 0) is 6.42 Å². The monoisotopic (exact) mass is 275 g/mol. The van der Waals surface area contributed by atoms with Crippen LogP contribution in [0.25, 0.3) is 0 Å². The number of rotatable bonds is 2. The molecule has 1 heterocycles. The summed E-state index contributed by atoms with van der Waals surface area (Å²) in [5.41, 5.74) is 1.46. The van der Waals surface area contributed by atoms with E-state index in [1.807, 2.05) is 0 Å². The van der Waals surface area contributed by atoms with Crippen molar-refractivity contribution in [3.8, 4) is 0 Å². The Bertz CT molecular complexity index is 267. The van der Waals surface area contributed by atoms with Crippen LogP contribution in [0.4, 0.5) is 0 Å². The summed E-state index contributed by atoms with van der Waals surface area (Å²) in [7, 11) is 0. The Morgan fingerprint density at radius 2 is 2.00 bits per heavy atom. The van der Waals surface area contributed by atoms with Gasteiger partial charge < -0.3 is 5.32 Å². The molecule has 1 aliphatic rings. The van der Waals surface area contributed by atoms with Crippen LogP contribution in [0.15, 0.2) is 28.7 Å². The predicted molar refractivity (Wildman–Crippen MR) is 66.1 cm³/mol. The van der Waals surface area contributed by atoms with Gasteiger partial charge in [0, 0.05) is 4.47 Å². The van der Waals surface area contributed by atoms with Gasteiger partial charge in [-0.3, -0.25) is 0 Å². The van der Waals surface area contributed by atoms with Crippen LogP contribution in [0.5, 0.6) is 0 Å². The molecule has 3 heteroatoms. The van der Waals surface area contributed by atoms with E-state index in [1.54, 1.807) is 0 Å². The Morgan fingerprint density at radius 1 is 1.29 bits per heavy atom. The van der Waals surface area contributed by atoms with Crippen LogP contribution in [-0.4, -0.2) is 13.1 Å². The molecule has 0 radical (unpaired) electrons. The van der Waals surface area contributed by atoms with Gasteiger partial charge in [-0.15, -0.1) is 12.4 Å². The first-order chi connectivity index (χ1) is 6.34. The van der Waals surface area contributed by atoms with Gasteiger partial charge in [-0.25, -0.2) is 0 Å². The quantitative estimate of drug-likeness (QED) is 0.875. The van der Waals surface area contributed by atoms with Gasteiger partial charge in [-0.2, -0.15) is 0 Å². The summed E-state index contributed by atoms with van der Waals surface area (Å²) in [6, 6.07) is 8.67. The zero-order valence-electron chi connectivity index (χ0n) is 8.00. The lowest BCUT2D eigenvalue weighted by atomic mass is 9.99. The molecule has 2 rings (SSSR count). The predicted octanol–water partition coefficient (Wildman–Crippen LogP) is 3.02. The van der Waals surface area contributed by atoms with Gasteiger partial charge in [0.05, 0.1) is 0 Å². The Morgan fingerprint density at radius 3 is 2.57 bits per heavy atom. The van der Waals surface area contributed by atoms with Crippen LogP contribution >= 0.6 is 28.3 Å². The maximum Gasteiger partial charge on any atom is 0.0175 e. The van der Waals surface area contributed by atoms with Crippen molar-refractivity contribution in [3.63, 3.8) is 0 Å². The van der Waals surface area contributed by atoms with Gasteiger partial charge >= 0.3 is 0 Å². The second-order valence-corrected chi connectivity index (χ2v) is 4.61. The smallest absolute Gasteiger partial charge is 0.0175 e. The first kappa shape index (κ1) is 12.0. The van der Waals surface area contributed by atoms with Crippen molar-refractivity contribution in [2.24, 2.45) is 5.92 Å². The fourth-order valence-electron chi connectivity index (χ4n) is 1.84. The van der Waals surface area contributed by atoms with E-state index in [0.717, 1.165) is 5.92 Å². The molecule has 1 aromatic rings. The largest absolute Gasteiger partial charge is 0.316 e. The number of hydrogen-bond donors (Lipinski definition) is 1. The van der Waals surface area contributed by atoms with Gasteiger partial charge in [-0.05, 0) is 49.5 Å². The van der Waals surface area contributed by atoms with E-state index in [1.165, 1.54) is 36.0 Å². The lowest BCUT2D eigenvalue weighted by Crippen LogP contribution is -2.10. The van der Waals surface area contributed by atoms with Crippen molar-refractivity contribution in [2.75, 3.05) is 13.1 Å². The minimum atomic E-state index is 0. The molecule has 0 spiro atoms. The zero-order valence-corrected chi connectivity index (χ0v) is 10.4. The lowest BCUT2D eigenvalue weighted by molar-refractivity contribution is 0.580. The van der Waals surface area contributed by atoms with E-state index in [2.05, 4.69) is 45.5 Å². The zero-order chi connectivity index (χ0) is 9.10. The van der Waals surface area contributed by atoms with E-state index in [-0.39, 0.29) is 12.4 Å². The third kappa shape index (κ3) is 3.26. The third-order valence-electron chi connectivity index (χ3n) is 2.60. The van der Waals surface area contributed by atoms with Gasteiger partial charge in [0.1, 0.15) is 0 Å². The van der Waals surface area contributed by atoms with Crippen molar-refractivity contribution < 1.29 is 0 Å². The maximum atomic E-state index is 3.45. The average molecular weight is 277 g/mol. The molecule has 1 nitrogen and oxygen atoms in total. The summed E-state index contributed by atoms with van der Waals surface area (Å²) in [5.74, 6) is 0.848. The van der Waals surface area contributed by atoms with Crippen LogP contribution in [0.3, 0.4) is 0 Å².